The molecule has 3 nitrogen and oxygen atoms in total. The highest BCUT2D eigenvalue weighted by Crippen LogP contribution is 2.46. The van der Waals surface area contributed by atoms with Crippen LogP contribution < -0.4 is 9.47 Å². The van der Waals surface area contributed by atoms with Crippen LogP contribution in [0.1, 0.15) is 41.5 Å². The van der Waals surface area contributed by atoms with E-state index < -0.39 is 0 Å². The Balaban J connectivity index is 1.24. The summed E-state index contributed by atoms with van der Waals surface area (Å²) in [6.45, 7) is 3.82. The fraction of sp³-hybridized carbons (Fsp3) is 0.357. The zero-order valence-electron chi connectivity index (χ0n) is 18.3. The number of piperidine rings is 1. The molecule has 0 bridgehead atoms. The Hall–Kier alpha value is -2.78. The van der Waals surface area contributed by atoms with E-state index in [1.807, 2.05) is 24.3 Å². The Kier molecular flexibility index (Phi) is 5.69. The fourth-order valence-corrected chi connectivity index (χ4v) is 5.35. The van der Waals surface area contributed by atoms with Gasteiger partial charge in [-0.1, -0.05) is 60.7 Å². The zero-order valence-corrected chi connectivity index (χ0v) is 18.3. The van der Waals surface area contributed by atoms with E-state index in [4.69, 9.17) is 9.47 Å². The summed E-state index contributed by atoms with van der Waals surface area (Å²) in [7, 11) is 1.70. The van der Waals surface area contributed by atoms with Gasteiger partial charge in [0.2, 0.25) is 0 Å². The monoisotopic (exact) mass is 413 g/mol. The highest BCUT2D eigenvalue weighted by Gasteiger charge is 2.40. The first-order chi connectivity index (χ1) is 15.3. The molecule has 0 amide bonds. The lowest BCUT2D eigenvalue weighted by Gasteiger charge is -2.40. The Morgan fingerprint density at radius 1 is 0.806 bits per heavy atom. The molecular weight excluding hydrogens is 382 g/mol. The molecule has 0 unspecified atom stereocenters. The van der Waals surface area contributed by atoms with Crippen molar-refractivity contribution in [1.82, 2.24) is 4.90 Å². The number of aryl methyl sites for hydroxylation is 1. The second kappa shape index (κ2) is 8.76. The number of ether oxygens (including phenoxy) is 2. The van der Waals surface area contributed by atoms with Crippen LogP contribution in [-0.2, 0) is 25.0 Å². The van der Waals surface area contributed by atoms with Gasteiger partial charge >= 0.3 is 0 Å². The molecule has 1 fully saturated rings. The smallest absolute Gasteiger partial charge is 0.161 e. The lowest BCUT2D eigenvalue weighted by molar-refractivity contribution is 0.152. The number of hydrogen-bond donors (Lipinski definition) is 0. The minimum absolute atomic E-state index is 0.414. The summed E-state index contributed by atoms with van der Waals surface area (Å²) >= 11 is 0. The van der Waals surface area contributed by atoms with Gasteiger partial charge < -0.3 is 9.47 Å². The van der Waals surface area contributed by atoms with Crippen molar-refractivity contribution in [2.45, 2.75) is 44.2 Å². The van der Waals surface area contributed by atoms with Gasteiger partial charge in [-0.15, -0.1) is 0 Å². The average molecular weight is 414 g/mol. The van der Waals surface area contributed by atoms with Gasteiger partial charge in [-0.3, -0.25) is 4.90 Å². The molecule has 1 saturated heterocycles. The quantitative estimate of drug-likeness (QED) is 0.513. The molecule has 5 rings (SSSR count). The molecule has 160 valence electrons. The Morgan fingerprint density at radius 2 is 1.58 bits per heavy atom. The highest BCUT2D eigenvalue weighted by molar-refractivity contribution is 5.43. The topological polar surface area (TPSA) is 21.7 Å². The molecule has 2 aliphatic rings. The maximum atomic E-state index is 6.12. The van der Waals surface area contributed by atoms with Gasteiger partial charge in [0.15, 0.2) is 11.5 Å². The summed E-state index contributed by atoms with van der Waals surface area (Å²) in [6, 6.07) is 25.7. The number of fused-ring (bicyclic) bond motifs is 2. The summed E-state index contributed by atoms with van der Waals surface area (Å²) in [4.78, 5) is 2.59. The molecule has 3 heteroatoms. The van der Waals surface area contributed by atoms with E-state index in [1.165, 1.54) is 31.2 Å². The molecule has 0 N–H and O–H groups in total. The molecular formula is C28H31NO2. The molecule has 0 radical (unpaired) electrons. The minimum Gasteiger partial charge on any atom is -0.493 e. The van der Waals surface area contributed by atoms with Crippen molar-refractivity contribution < 1.29 is 9.47 Å². The molecule has 0 saturated carbocycles. The second-order valence-corrected chi connectivity index (χ2v) is 8.97. The van der Waals surface area contributed by atoms with E-state index in [0.717, 1.165) is 36.7 Å². The van der Waals surface area contributed by atoms with E-state index in [2.05, 4.69) is 53.4 Å². The number of rotatable bonds is 6. The number of methoxy groups -OCH3 is 1. The van der Waals surface area contributed by atoms with Crippen LogP contribution in [0.4, 0.5) is 0 Å². The zero-order chi connectivity index (χ0) is 21.1. The standard InChI is InChI=1S/C28H31NO2/c1-30-26-12-11-23(19-27(26)31-21-22-7-3-2-4-8-22)20-29-17-15-28(16-18-29)14-13-24-9-5-6-10-25(24)28/h2-12,19H,13-18,20-21H2,1H3. The predicted octanol–water partition coefficient (Wildman–Crippen LogP) is 5.75. The fourth-order valence-electron chi connectivity index (χ4n) is 5.35. The van der Waals surface area contributed by atoms with Gasteiger partial charge in [-0.05, 0) is 78.6 Å². The van der Waals surface area contributed by atoms with E-state index >= 15 is 0 Å². The van der Waals surface area contributed by atoms with Crippen molar-refractivity contribution in [2.75, 3.05) is 20.2 Å². The number of benzene rings is 3. The molecule has 3 aromatic rings. The first-order valence-corrected chi connectivity index (χ1v) is 11.4. The third-order valence-corrected chi connectivity index (χ3v) is 7.15. The first kappa shape index (κ1) is 20.1. The number of nitrogens with zero attached hydrogens (tertiary/aromatic N) is 1. The van der Waals surface area contributed by atoms with Gasteiger partial charge in [-0.25, -0.2) is 0 Å². The molecule has 1 aliphatic heterocycles. The van der Waals surface area contributed by atoms with E-state index in [9.17, 15) is 0 Å². The van der Waals surface area contributed by atoms with Crippen LogP contribution in [-0.4, -0.2) is 25.1 Å². The van der Waals surface area contributed by atoms with Crippen LogP contribution in [0.5, 0.6) is 11.5 Å². The normalized spacial score (nSPS) is 17.5. The van der Waals surface area contributed by atoms with Gasteiger partial charge in [0, 0.05) is 6.54 Å². The van der Waals surface area contributed by atoms with Crippen molar-refractivity contribution in [1.29, 1.82) is 0 Å². The molecule has 0 atom stereocenters. The maximum Gasteiger partial charge on any atom is 0.161 e. The summed E-state index contributed by atoms with van der Waals surface area (Å²) < 4.78 is 11.7. The summed E-state index contributed by atoms with van der Waals surface area (Å²) in [5.41, 5.74) is 6.05. The van der Waals surface area contributed by atoms with Crippen molar-refractivity contribution in [2.24, 2.45) is 0 Å². The van der Waals surface area contributed by atoms with E-state index in [-0.39, 0.29) is 0 Å². The second-order valence-electron chi connectivity index (χ2n) is 8.97. The van der Waals surface area contributed by atoms with Crippen LogP contribution in [0.2, 0.25) is 0 Å². The van der Waals surface area contributed by atoms with Crippen LogP contribution in [0, 0.1) is 0 Å². The number of likely N-dealkylation sites (tertiary alicyclic amines) is 1. The van der Waals surface area contributed by atoms with Crippen LogP contribution in [0.25, 0.3) is 0 Å². The first-order valence-electron chi connectivity index (χ1n) is 11.4. The SMILES string of the molecule is COc1ccc(CN2CCC3(CCc4ccccc43)CC2)cc1OCc1ccccc1. The largest absolute Gasteiger partial charge is 0.493 e. The van der Waals surface area contributed by atoms with Crippen LogP contribution in [0.15, 0.2) is 72.8 Å². The molecule has 1 heterocycles. The summed E-state index contributed by atoms with van der Waals surface area (Å²) in [5, 5.41) is 0. The van der Waals surface area contributed by atoms with Gasteiger partial charge in [-0.2, -0.15) is 0 Å². The van der Waals surface area contributed by atoms with E-state index in [0.29, 0.717) is 12.0 Å². The predicted molar refractivity (Wildman–Crippen MR) is 125 cm³/mol. The summed E-state index contributed by atoms with van der Waals surface area (Å²) in [5.74, 6) is 1.61. The lowest BCUT2D eigenvalue weighted by Crippen LogP contribution is -2.41. The van der Waals surface area contributed by atoms with Gasteiger partial charge in [0.1, 0.15) is 6.61 Å². The van der Waals surface area contributed by atoms with Crippen molar-refractivity contribution in [3.8, 4) is 11.5 Å². The molecule has 1 aliphatic carbocycles. The van der Waals surface area contributed by atoms with Gasteiger partial charge in [0.25, 0.3) is 0 Å². The van der Waals surface area contributed by atoms with Crippen LogP contribution >= 0.6 is 0 Å². The molecule has 31 heavy (non-hydrogen) atoms. The van der Waals surface area contributed by atoms with Crippen LogP contribution in [0.3, 0.4) is 0 Å². The molecule has 1 spiro atoms. The maximum absolute atomic E-state index is 6.12. The minimum atomic E-state index is 0.414. The van der Waals surface area contributed by atoms with Gasteiger partial charge in [0.05, 0.1) is 7.11 Å². The highest BCUT2D eigenvalue weighted by atomic mass is 16.5. The number of hydrogen-bond acceptors (Lipinski definition) is 3. The Labute approximate surface area is 185 Å². The third-order valence-electron chi connectivity index (χ3n) is 7.15. The summed E-state index contributed by atoms with van der Waals surface area (Å²) in [6.07, 6.45) is 5.09. The third kappa shape index (κ3) is 4.20. The van der Waals surface area contributed by atoms with Crippen molar-refractivity contribution in [3.05, 3.63) is 95.1 Å². The average Bonchev–Trinajstić information content (AvgIpc) is 3.18. The molecule has 3 aromatic carbocycles. The van der Waals surface area contributed by atoms with Crippen molar-refractivity contribution >= 4 is 0 Å². The lowest BCUT2D eigenvalue weighted by atomic mass is 9.74. The van der Waals surface area contributed by atoms with Crippen molar-refractivity contribution in [3.63, 3.8) is 0 Å². The Morgan fingerprint density at radius 3 is 2.39 bits per heavy atom. The Bertz CT molecular complexity index is 1020. The molecule has 0 aromatic heterocycles. The van der Waals surface area contributed by atoms with E-state index in [1.54, 1.807) is 18.2 Å².